The number of hydrogen-bond donors (Lipinski definition) is 2. The van der Waals surface area contributed by atoms with Gasteiger partial charge in [-0.1, -0.05) is 30.0 Å². The van der Waals surface area contributed by atoms with E-state index in [4.69, 9.17) is 13.0 Å². The first-order valence-electron chi connectivity index (χ1n) is 5.15. The molecule has 0 bridgehead atoms. The smallest absolute Gasteiger partial charge is 0.279 e. The Kier molecular flexibility index (Phi) is 6.60. The summed E-state index contributed by atoms with van der Waals surface area (Å²) in [5.74, 6) is 0. The Balaban J connectivity index is 0.000000240. The van der Waals surface area contributed by atoms with Crippen LogP contribution in [0, 0.1) is 0 Å². The molecular weight excluding hydrogens is 365 g/mol. The normalized spacial score (nSPS) is 11.7. The van der Waals surface area contributed by atoms with Crippen molar-refractivity contribution >= 4 is 45.8 Å². The van der Waals surface area contributed by atoms with Crippen LogP contribution in [0.25, 0.3) is 0 Å². The fraction of sp³-hybridized carbons (Fsp3) is 0.0909. The summed E-state index contributed by atoms with van der Waals surface area (Å²) >= 11 is 7.76. The van der Waals surface area contributed by atoms with Crippen LogP contribution in [0.15, 0.2) is 55.8 Å². The second-order valence-corrected chi connectivity index (χ2v) is 8.08. The summed E-state index contributed by atoms with van der Waals surface area (Å²) < 4.78 is 59.9. The lowest BCUT2D eigenvalue weighted by Crippen LogP contribution is -2.21. The van der Waals surface area contributed by atoms with Crippen molar-refractivity contribution in [2.45, 2.75) is 18.8 Å². The maximum atomic E-state index is 10.7. The van der Waals surface area contributed by atoms with Crippen molar-refractivity contribution in [3.63, 3.8) is 0 Å². The van der Waals surface area contributed by atoms with E-state index in [-0.39, 0.29) is 0 Å². The Bertz CT molecular complexity index is 666. The largest absolute Gasteiger partial charge is 0.522 e. The molecule has 0 saturated carbocycles. The molecule has 0 spiro atoms. The van der Waals surface area contributed by atoms with E-state index in [1.54, 1.807) is 23.1 Å². The lowest BCUT2D eigenvalue weighted by atomic mass is 10.4. The number of thiophene rings is 1. The molecule has 0 radical (unpaired) electrons. The van der Waals surface area contributed by atoms with Crippen molar-refractivity contribution in [2.75, 3.05) is 0 Å². The van der Waals surface area contributed by atoms with Crippen LogP contribution in [-0.2, 0) is 10.1 Å². The molecule has 1 N–H and O–H groups in total. The lowest BCUT2D eigenvalue weighted by molar-refractivity contribution is -0.0510. The topological polar surface area (TPSA) is 54.4 Å². The fourth-order valence-corrected chi connectivity index (χ4v) is 3.39. The first-order valence-corrected chi connectivity index (χ1v) is 8.67. The summed E-state index contributed by atoms with van der Waals surface area (Å²) in [6.07, 6.45) is 0. The van der Waals surface area contributed by atoms with Crippen molar-refractivity contribution in [1.82, 2.24) is 0 Å². The zero-order valence-corrected chi connectivity index (χ0v) is 13.5. The van der Waals surface area contributed by atoms with Gasteiger partial charge in [0.15, 0.2) is 0 Å². The number of rotatable bonds is 2. The second kappa shape index (κ2) is 7.54. The number of benzene rings is 1. The number of alkyl halides is 3. The van der Waals surface area contributed by atoms with Gasteiger partial charge in [-0.2, -0.15) is 21.6 Å². The molecule has 2 aromatic rings. The Morgan fingerprint density at radius 3 is 2.00 bits per heavy atom. The maximum absolute atomic E-state index is 10.7. The monoisotopic (exact) mass is 374 g/mol. The molecule has 1 heterocycles. The van der Waals surface area contributed by atoms with E-state index in [0.717, 1.165) is 4.21 Å². The highest BCUT2D eigenvalue weighted by atomic mass is 32.2. The van der Waals surface area contributed by atoms with Crippen LogP contribution in [0.4, 0.5) is 13.2 Å². The van der Waals surface area contributed by atoms with Gasteiger partial charge < -0.3 is 0 Å². The number of halogens is 3. The standard InChI is InChI=1S/C10H8S3.CHF3O3S/c11-9-6-7-10(13-9)12-8-4-2-1-3-5-8;2-1(3,4)8(5,6)7/h1-7,11H;(H,5,6,7). The van der Waals surface area contributed by atoms with Gasteiger partial charge in [0.05, 0.1) is 8.42 Å². The summed E-state index contributed by atoms with van der Waals surface area (Å²) in [4.78, 5) is 1.28. The first-order chi connectivity index (χ1) is 9.59. The molecule has 2 rings (SSSR count). The van der Waals surface area contributed by atoms with Crippen molar-refractivity contribution in [2.24, 2.45) is 0 Å². The maximum Gasteiger partial charge on any atom is 0.522 e. The van der Waals surface area contributed by atoms with E-state index in [9.17, 15) is 13.2 Å². The van der Waals surface area contributed by atoms with Crippen LogP contribution < -0.4 is 0 Å². The predicted molar refractivity (Wildman–Crippen MR) is 79.7 cm³/mol. The van der Waals surface area contributed by atoms with E-state index in [1.165, 1.54) is 9.10 Å². The minimum atomic E-state index is -5.84. The Morgan fingerprint density at radius 2 is 1.62 bits per heavy atom. The van der Waals surface area contributed by atoms with Gasteiger partial charge in [-0.3, -0.25) is 4.55 Å². The molecule has 10 heteroatoms. The minimum Gasteiger partial charge on any atom is -0.279 e. The van der Waals surface area contributed by atoms with Crippen molar-refractivity contribution in [3.8, 4) is 0 Å². The van der Waals surface area contributed by atoms with Gasteiger partial charge >= 0.3 is 15.6 Å². The molecule has 0 atom stereocenters. The predicted octanol–water partition coefficient (Wildman–Crippen LogP) is 4.58. The average Bonchev–Trinajstić information content (AvgIpc) is 2.74. The highest BCUT2D eigenvalue weighted by Crippen LogP contribution is 2.34. The summed E-state index contributed by atoms with van der Waals surface area (Å²) in [5.41, 5.74) is -5.53. The molecule has 0 aliphatic heterocycles. The molecule has 0 saturated heterocycles. The zero-order valence-electron chi connectivity index (χ0n) is 10.1. The molecule has 1 aromatic heterocycles. The van der Waals surface area contributed by atoms with Crippen LogP contribution in [-0.4, -0.2) is 18.5 Å². The highest BCUT2D eigenvalue weighted by Gasteiger charge is 2.44. The molecule has 0 amide bonds. The average molecular weight is 374 g/mol. The molecule has 1 aromatic carbocycles. The quantitative estimate of drug-likeness (QED) is 0.459. The van der Waals surface area contributed by atoms with Crippen molar-refractivity contribution in [3.05, 3.63) is 42.5 Å². The van der Waals surface area contributed by atoms with Gasteiger partial charge in [-0.15, -0.1) is 24.0 Å². The Hall–Kier alpha value is -0.680. The third kappa shape index (κ3) is 6.74. The highest BCUT2D eigenvalue weighted by molar-refractivity contribution is 8.01. The molecule has 0 aliphatic rings. The van der Waals surface area contributed by atoms with Gasteiger partial charge in [-0.25, -0.2) is 0 Å². The SMILES string of the molecule is O=S(=O)(O)C(F)(F)F.Sc1ccc(Sc2ccccc2)s1. The molecular formula is C11H9F3O3S4. The summed E-state index contributed by atoms with van der Waals surface area (Å²) in [7, 11) is -5.84. The lowest BCUT2D eigenvalue weighted by Gasteiger charge is -1.97. The van der Waals surface area contributed by atoms with Gasteiger partial charge in [0.25, 0.3) is 0 Å². The summed E-state index contributed by atoms with van der Waals surface area (Å²) in [6.45, 7) is 0. The minimum absolute atomic E-state index is 1.07. The Labute approximate surface area is 133 Å². The summed E-state index contributed by atoms with van der Waals surface area (Å²) in [5, 5.41) is 0. The zero-order chi connectivity index (χ0) is 16.1. The molecule has 0 aliphatic carbocycles. The van der Waals surface area contributed by atoms with Crippen LogP contribution in [0.1, 0.15) is 0 Å². The molecule has 0 unspecified atom stereocenters. The third-order valence-corrected chi connectivity index (χ3v) is 4.86. The van der Waals surface area contributed by atoms with Crippen LogP contribution in [0.3, 0.4) is 0 Å². The van der Waals surface area contributed by atoms with Gasteiger partial charge in [0, 0.05) is 4.90 Å². The van der Waals surface area contributed by atoms with E-state index in [1.807, 2.05) is 12.1 Å². The van der Waals surface area contributed by atoms with E-state index in [0.29, 0.717) is 0 Å². The van der Waals surface area contributed by atoms with Crippen LogP contribution in [0.5, 0.6) is 0 Å². The fourth-order valence-electron chi connectivity index (χ4n) is 0.970. The second-order valence-electron chi connectivity index (χ2n) is 3.43. The first kappa shape index (κ1) is 18.4. The van der Waals surface area contributed by atoms with Gasteiger partial charge in [0.1, 0.15) is 0 Å². The molecule has 116 valence electrons. The van der Waals surface area contributed by atoms with Gasteiger partial charge in [-0.05, 0) is 24.3 Å². The molecule has 3 nitrogen and oxygen atoms in total. The Morgan fingerprint density at radius 1 is 1.10 bits per heavy atom. The van der Waals surface area contributed by atoms with E-state index >= 15 is 0 Å². The summed E-state index contributed by atoms with van der Waals surface area (Å²) in [6, 6.07) is 14.5. The van der Waals surface area contributed by atoms with E-state index in [2.05, 4.69) is 43.0 Å². The van der Waals surface area contributed by atoms with Crippen LogP contribution >= 0.6 is 35.7 Å². The molecule has 0 fully saturated rings. The van der Waals surface area contributed by atoms with Gasteiger partial charge in [0.2, 0.25) is 0 Å². The number of hydrogen-bond acceptors (Lipinski definition) is 5. The molecule has 21 heavy (non-hydrogen) atoms. The van der Waals surface area contributed by atoms with Crippen LogP contribution in [0.2, 0.25) is 0 Å². The third-order valence-electron chi connectivity index (χ3n) is 1.82. The van der Waals surface area contributed by atoms with Crippen molar-refractivity contribution < 1.29 is 26.1 Å². The number of thiol groups is 1. The van der Waals surface area contributed by atoms with E-state index < -0.39 is 15.6 Å². The van der Waals surface area contributed by atoms with Crippen molar-refractivity contribution in [1.29, 1.82) is 0 Å².